The van der Waals surface area contributed by atoms with Gasteiger partial charge in [0.2, 0.25) is 0 Å². The summed E-state index contributed by atoms with van der Waals surface area (Å²) in [4.78, 5) is 2.38. The smallest absolute Gasteiger partial charge is 0.118 e. The van der Waals surface area contributed by atoms with E-state index in [0.29, 0.717) is 24.7 Å². The van der Waals surface area contributed by atoms with Crippen molar-refractivity contribution >= 4 is 11.6 Å². The van der Waals surface area contributed by atoms with Crippen LogP contribution in [-0.2, 0) is 16.8 Å². The van der Waals surface area contributed by atoms with Crippen LogP contribution in [0, 0.1) is 0 Å². The van der Waals surface area contributed by atoms with Crippen LogP contribution in [0.2, 0.25) is 5.02 Å². The fraction of sp³-hybridized carbons (Fsp3) is 0.333. The summed E-state index contributed by atoms with van der Waals surface area (Å²) in [5, 5.41) is 13.2. The third-order valence-corrected chi connectivity index (χ3v) is 6.55. The molecule has 0 saturated carbocycles. The fourth-order valence-electron chi connectivity index (χ4n) is 4.48. The summed E-state index contributed by atoms with van der Waals surface area (Å²) in [6.07, 6.45) is 0.498. The summed E-state index contributed by atoms with van der Waals surface area (Å²) in [6, 6.07) is 25.8. The zero-order valence-electron chi connectivity index (χ0n) is 18.4. The van der Waals surface area contributed by atoms with Gasteiger partial charge in [-0.05, 0) is 41.0 Å². The Bertz CT molecular complexity index is 972. The number of benzene rings is 3. The molecule has 1 N–H and O–H groups in total. The van der Waals surface area contributed by atoms with E-state index < -0.39 is 5.60 Å². The minimum Gasteiger partial charge on any atom is -0.497 e. The van der Waals surface area contributed by atoms with E-state index in [-0.39, 0.29) is 5.92 Å². The van der Waals surface area contributed by atoms with Crippen LogP contribution >= 0.6 is 11.6 Å². The first-order valence-corrected chi connectivity index (χ1v) is 11.4. The predicted molar refractivity (Wildman–Crippen MR) is 128 cm³/mol. The number of methoxy groups -OCH3 is 1. The van der Waals surface area contributed by atoms with Gasteiger partial charge >= 0.3 is 0 Å². The summed E-state index contributed by atoms with van der Waals surface area (Å²) in [7, 11) is 1.65. The van der Waals surface area contributed by atoms with Crippen LogP contribution in [0.25, 0.3) is 0 Å². The number of morpholine rings is 1. The normalized spacial score (nSPS) is 17.5. The highest BCUT2D eigenvalue weighted by atomic mass is 35.5. The van der Waals surface area contributed by atoms with Gasteiger partial charge in [0, 0.05) is 37.0 Å². The Morgan fingerprint density at radius 2 is 1.62 bits per heavy atom. The molecule has 0 radical (unpaired) electrons. The van der Waals surface area contributed by atoms with E-state index in [9.17, 15) is 5.11 Å². The molecule has 4 nitrogen and oxygen atoms in total. The summed E-state index contributed by atoms with van der Waals surface area (Å²) in [5.41, 5.74) is 1.90. The SMILES string of the molecule is COc1ccc([C@@](O)(Cc2ccccc2)[C@H](CN2CCOCC2)c2ccc(Cl)cc2)cc1. The average Bonchev–Trinajstić information content (AvgIpc) is 2.84. The van der Waals surface area contributed by atoms with Crippen molar-refractivity contribution in [3.05, 3.63) is 101 Å². The summed E-state index contributed by atoms with van der Waals surface area (Å²) < 4.78 is 10.9. The quantitative estimate of drug-likeness (QED) is 0.529. The highest BCUT2D eigenvalue weighted by Crippen LogP contribution is 2.41. The maximum Gasteiger partial charge on any atom is 0.118 e. The molecule has 168 valence electrons. The summed E-state index contributed by atoms with van der Waals surface area (Å²) in [6.45, 7) is 3.86. The van der Waals surface area contributed by atoms with E-state index in [0.717, 1.165) is 42.1 Å². The Labute approximate surface area is 195 Å². The zero-order chi connectivity index (χ0) is 22.4. The van der Waals surface area contributed by atoms with Crippen LogP contribution in [0.5, 0.6) is 5.75 Å². The van der Waals surface area contributed by atoms with E-state index in [1.54, 1.807) is 7.11 Å². The van der Waals surface area contributed by atoms with E-state index in [1.807, 2.05) is 66.7 Å². The standard InChI is InChI=1S/C27H30ClNO3/c1-31-25-13-9-23(10-14-25)27(30,19-21-5-3-2-4-6-21)26(20-29-15-17-32-18-16-29)22-7-11-24(28)12-8-22/h2-14,26,30H,15-20H2,1H3/t26-,27+/m1/s1. The summed E-state index contributed by atoms with van der Waals surface area (Å²) >= 11 is 6.20. The first-order valence-electron chi connectivity index (χ1n) is 11.0. The number of hydrogen-bond donors (Lipinski definition) is 1. The minimum atomic E-state index is -1.13. The average molecular weight is 452 g/mol. The minimum absolute atomic E-state index is 0.161. The van der Waals surface area contributed by atoms with E-state index in [4.69, 9.17) is 21.1 Å². The Morgan fingerprint density at radius 3 is 2.25 bits per heavy atom. The van der Waals surface area contributed by atoms with Crippen molar-refractivity contribution in [3.8, 4) is 5.75 Å². The van der Waals surface area contributed by atoms with Crippen molar-refractivity contribution in [1.29, 1.82) is 0 Å². The lowest BCUT2D eigenvalue weighted by Gasteiger charge is -2.41. The molecule has 2 atom stereocenters. The number of hydrogen-bond acceptors (Lipinski definition) is 4. The molecule has 0 unspecified atom stereocenters. The van der Waals surface area contributed by atoms with Gasteiger partial charge in [-0.15, -0.1) is 0 Å². The van der Waals surface area contributed by atoms with E-state index in [1.165, 1.54) is 0 Å². The molecule has 32 heavy (non-hydrogen) atoms. The largest absolute Gasteiger partial charge is 0.497 e. The third kappa shape index (κ3) is 5.33. The van der Waals surface area contributed by atoms with Crippen LogP contribution in [0.1, 0.15) is 22.6 Å². The van der Waals surface area contributed by atoms with Crippen LogP contribution < -0.4 is 4.74 Å². The predicted octanol–water partition coefficient (Wildman–Crippen LogP) is 4.89. The molecule has 0 spiro atoms. The molecular weight excluding hydrogens is 422 g/mol. The molecule has 3 aromatic carbocycles. The van der Waals surface area contributed by atoms with Gasteiger partial charge in [-0.25, -0.2) is 0 Å². The fourth-order valence-corrected chi connectivity index (χ4v) is 4.61. The van der Waals surface area contributed by atoms with Gasteiger partial charge in [0.25, 0.3) is 0 Å². The van der Waals surface area contributed by atoms with Crippen LogP contribution in [-0.4, -0.2) is 50.0 Å². The molecule has 1 saturated heterocycles. The van der Waals surface area contributed by atoms with Gasteiger partial charge in [-0.1, -0.05) is 66.2 Å². The lowest BCUT2D eigenvalue weighted by Crippen LogP contribution is -2.45. The molecular formula is C27H30ClNO3. The van der Waals surface area contributed by atoms with E-state index in [2.05, 4.69) is 17.0 Å². The van der Waals surface area contributed by atoms with Gasteiger partial charge < -0.3 is 14.6 Å². The third-order valence-electron chi connectivity index (χ3n) is 6.30. The summed E-state index contributed by atoms with van der Waals surface area (Å²) in [5.74, 6) is 0.610. The number of aliphatic hydroxyl groups is 1. The maximum atomic E-state index is 12.5. The van der Waals surface area contributed by atoms with Gasteiger partial charge in [0.15, 0.2) is 0 Å². The molecule has 0 amide bonds. The monoisotopic (exact) mass is 451 g/mol. The van der Waals surface area contributed by atoms with Crippen LogP contribution in [0.4, 0.5) is 0 Å². The number of ether oxygens (including phenoxy) is 2. The molecule has 5 heteroatoms. The Kier molecular flexibility index (Phi) is 7.48. The Hall–Kier alpha value is -2.37. The molecule has 1 fully saturated rings. The Morgan fingerprint density at radius 1 is 0.969 bits per heavy atom. The molecule has 4 rings (SSSR count). The lowest BCUT2D eigenvalue weighted by molar-refractivity contribution is -0.0223. The molecule has 1 aliphatic heterocycles. The number of halogens is 1. The van der Waals surface area contributed by atoms with Crippen LogP contribution in [0.15, 0.2) is 78.9 Å². The second-order valence-corrected chi connectivity index (χ2v) is 8.77. The van der Waals surface area contributed by atoms with Crippen molar-refractivity contribution in [1.82, 2.24) is 4.90 Å². The number of nitrogens with zero attached hydrogens (tertiary/aromatic N) is 1. The number of rotatable bonds is 8. The van der Waals surface area contributed by atoms with Gasteiger partial charge in [0.05, 0.1) is 20.3 Å². The van der Waals surface area contributed by atoms with Crippen LogP contribution in [0.3, 0.4) is 0 Å². The maximum absolute atomic E-state index is 12.5. The first-order chi connectivity index (χ1) is 15.6. The highest BCUT2D eigenvalue weighted by molar-refractivity contribution is 6.30. The topological polar surface area (TPSA) is 41.9 Å². The first kappa shape index (κ1) is 22.8. The second-order valence-electron chi connectivity index (χ2n) is 8.33. The van der Waals surface area contributed by atoms with E-state index >= 15 is 0 Å². The van der Waals surface area contributed by atoms with Crippen molar-refractivity contribution < 1.29 is 14.6 Å². The van der Waals surface area contributed by atoms with Gasteiger partial charge in [0.1, 0.15) is 11.4 Å². The van der Waals surface area contributed by atoms with Crippen molar-refractivity contribution in [2.75, 3.05) is 40.0 Å². The second kappa shape index (κ2) is 10.5. The molecule has 3 aromatic rings. The molecule has 0 aromatic heterocycles. The van der Waals surface area contributed by atoms with Crippen molar-refractivity contribution in [3.63, 3.8) is 0 Å². The van der Waals surface area contributed by atoms with Crippen molar-refractivity contribution in [2.45, 2.75) is 17.9 Å². The molecule has 0 bridgehead atoms. The molecule has 1 aliphatic rings. The zero-order valence-corrected chi connectivity index (χ0v) is 19.2. The molecule has 0 aliphatic carbocycles. The Balaban J connectivity index is 1.79. The van der Waals surface area contributed by atoms with Gasteiger partial charge in [-0.2, -0.15) is 0 Å². The van der Waals surface area contributed by atoms with Crippen molar-refractivity contribution in [2.24, 2.45) is 0 Å². The lowest BCUT2D eigenvalue weighted by atomic mass is 9.73. The molecule has 1 heterocycles. The highest BCUT2D eigenvalue weighted by Gasteiger charge is 2.40. The van der Waals surface area contributed by atoms with Gasteiger partial charge in [-0.3, -0.25) is 4.90 Å².